The van der Waals surface area contributed by atoms with E-state index in [0.717, 1.165) is 34.5 Å². The van der Waals surface area contributed by atoms with Gasteiger partial charge in [0, 0.05) is 43.5 Å². The molecule has 7 heteroatoms. The van der Waals surface area contributed by atoms with Crippen molar-refractivity contribution in [2.24, 2.45) is 5.92 Å². The monoisotopic (exact) mass is 632 g/mol. The molecule has 0 atom stereocenters. The van der Waals surface area contributed by atoms with E-state index in [1.54, 1.807) is 0 Å². The Morgan fingerprint density at radius 2 is 1.82 bits per heavy atom. The fourth-order valence-corrected chi connectivity index (χ4v) is 4.09. The molecule has 0 saturated heterocycles. The molecular weight excluding hydrogens is 605 g/mol. The van der Waals surface area contributed by atoms with E-state index >= 15 is 0 Å². The van der Waals surface area contributed by atoms with E-state index < -0.39 is 0 Å². The first-order valence-electron chi connectivity index (χ1n) is 11.0. The van der Waals surface area contributed by atoms with Gasteiger partial charge in [-0.1, -0.05) is 56.3 Å². The van der Waals surface area contributed by atoms with Crippen LogP contribution < -0.4 is 5.10 Å². The zero-order valence-electron chi connectivity index (χ0n) is 19.6. The zero-order chi connectivity index (χ0) is 23.5. The summed E-state index contributed by atoms with van der Waals surface area (Å²) in [5.41, 5.74) is 3.07. The molecule has 2 aromatic carbocycles. The third-order valence-electron chi connectivity index (χ3n) is 5.25. The number of carbonyl (C=O) groups excluding carboxylic acids is 1. The van der Waals surface area contributed by atoms with Crippen LogP contribution in [0.4, 0.5) is 0 Å². The molecule has 5 aromatic rings. The minimum Gasteiger partial charge on any atom is -0.512 e. The molecule has 0 fully saturated rings. The van der Waals surface area contributed by atoms with Gasteiger partial charge in [-0.05, 0) is 65.8 Å². The van der Waals surface area contributed by atoms with Crippen molar-refractivity contribution in [2.75, 3.05) is 0 Å². The van der Waals surface area contributed by atoms with E-state index in [0.29, 0.717) is 5.92 Å². The Bertz CT molecular complexity index is 1480. The molecule has 0 aliphatic carbocycles. The largest absolute Gasteiger partial charge is 0.512 e. The topological polar surface area (TPSA) is 82.1 Å². The van der Waals surface area contributed by atoms with Gasteiger partial charge >= 0.3 is 0 Å². The van der Waals surface area contributed by atoms with Crippen molar-refractivity contribution in [1.29, 1.82) is 0 Å². The summed E-state index contributed by atoms with van der Waals surface area (Å²) in [7, 11) is 0. The van der Waals surface area contributed by atoms with Crippen LogP contribution in [0.15, 0.2) is 72.6 Å². The van der Waals surface area contributed by atoms with Crippen LogP contribution in [0, 0.1) is 5.92 Å². The van der Waals surface area contributed by atoms with E-state index in [-0.39, 0.29) is 31.6 Å². The molecule has 0 spiro atoms. The Morgan fingerprint density at radius 3 is 2.50 bits per heavy atom. The maximum Gasteiger partial charge on any atom is 0.155 e. The Hall–Kier alpha value is -3.28. The predicted molar refractivity (Wildman–Crippen MR) is 133 cm³/mol. The van der Waals surface area contributed by atoms with E-state index in [1.807, 2.05) is 12.3 Å². The van der Waals surface area contributed by atoms with Crippen LogP contribution >= 0.6 is 0 Å². The average Bonchev–Trinajstić information content (AvgIpc) is 3.34. The minimum atomic E-state index is -0.125. The second-order valence-electron chi connectivity index (χ2n) is 8.58. The Labute approximate surface area is 212 Å². The predicted octanol–water partition coefficient (Wildman–Crippen LogP) is 5.92. The van der Waals surface area contributed by atoms with Crippen LogP contribution in [-0.4, -0.2) is 25.5 Å². The molecule has 0 aliphatic rings. The number of carbonyl (C=O) groups is 1. The molecule has 3 aromatic heterocycles. The summed E-state index contributed by atoms with van der Waals surface area (Å²) in [5.74, 6) is 1.34. The van der Waals surface area contributed by atoms with Gasteiger partial charge in [0.2, 0.25) is 0 Å². The molecule has 177 valence electrons. The Kier molecular flexibility index (Phi) is 8.02. The van der Waals surface area contributed by atoms with Crippen molar-refractivity contribution < 1.29 is 30.0 Å². The summed E-state index contributed by atoms with van der Waals surface area (Å²) < 4.78 is 2.13. The maximum absolute atomic E-state index is 10.0. The second kappa shape index (κ2) is 10.8. The standard InChI is InChI=1S/C22H19N4.C5H8O2.Ir/c1-14(2)12-16-13-20(25-24-16)26-19-10-9-15-6-3-4-7-17(15)21(19)18-8-5-11-23-22(18)26;1-4(6)3-5(2)7;/h3-11,13-14H,12H2,1-2H3;3,6H,1-2H3;/q-1;;/b;4-3-;. The number of fused-ring (bicyclic) bond motifs is 5. The van der Waals surface area contributed by atoms with Crippen molar-refractivity contribution in [1.82, 2.24) is 19.7 Å². The maximum atomic E-state index is 10.0. The van der Waals surface area contributed by atoms with Gasteiger partial charge in [-0.15, -0.1) is 0 Å². The molecular formula is C27H27IrN4O2-. The number of ketones is 1. The molecule has 0 saturated carbocycles. The van der Waals surface area contributed by atoms with Gasteiger partial charge in [0.25, 0.3) is 0 Å². The summed E-state index contributed by atoms with van der Waals surface area (Å²) in [6, 6.07) is 19.0. The van der Waals surface area contributed by atoms with Gasteiger partial charge in [-0.3, -0.25) is 14.9 Å². The SMILES string of the molecule is CC(=O)/C=C(/C)O.CC(C)Cc1cc(-n2c3ccc4ccccc4c3c3cccnc32)[n-]n1.[Ir]. The number of pyridine rings is 1. The zero-order valence-corrected chi connectivity index (χ0v) is 22.0. The molecule has 3 heterocycles. The van der Waals surface area contributed by atoms with Gasteiger partial charge in [0.15, 0.2) is 5.78 Å². The summed E-state index contributed by atoms with van der Waals surface area (Å²) in [4.78, 5) is 14.7. The number of hydrogen-bond donors (Lipinski definition) is 1. The fourth-order valence-electron chi connectivity index (χ4n) is 4.09. The van der Waals surface area contributed by atoms with Crippen molar-refractivity contribution in [3.05, 3.63) is 78.3 Å². The van der Waals surface area contributed by atoms with Crippen LogP contribution in [0.1, 0.15) is 33.4 Å². The van der Waals surface area contributed by atoms with Gasteiger partial charge in [-0.2, -0.15) is 0 Å². The van der Waals surface area contributed by atoms with Crippen molar-refractivity contribution in [3.63, 3.8) is 0 Å². The molecule has 0 unspecified atom stereocenters. The third kappa shape index (κ3) is 5.27. The van der Waals surface area contributed by atoms with Crippen LogP contribution in [0.2, 0.25) is 0 Å². The smallest absolute Gasteiger partial charge is 0.155 e. The Morgan fingerprint density at radius 1 is 1.09 bits per heavy atom. The molecule has 1 radical (unpaired) electrons. The Balaban J connectivity index is 0.000000357. The van der Waals surface area contributed by atoms with Crippen LogP contribution in [0.3, 0.4) is 0 Å². The van der Waals surface area contributed by atoms with Gasteiger partial charge < -0.3 is 14.8 Å². The van der Waals surface area contributed by atoms with Crippen LogP contribution in [0.25, 0.3) is 38.5 Å². The minimum absolute atomic E-state index is 0. The number of hydrogen-bond acceptors (Lipinski definition) is 4. The summed E-state index contributed by atoms with van der Waals surface area (Å²) in [6.07, 6.45) is 3.94. The molecule has 0 aliphatic heterocycles. The first-order valence-corrected chi connectivity index (χ1v) is 11.0. The number of rotatable bonds is 4. The second-order valence-corrected chi connectivity index (χ2v) is 8.58. The van der Waals surface area contributed by atoms with Crippen molar-refractivity contribution in [2.45, 2.75) is 34.1 Å². The summed E-state index contributed by atoms with van der Waals surface area (Å²) in [5, 5.41) is 22.1. The van der Waals surface area contributed by atoms with Gasteiger partial charge in [0.05, 0.1) is 11.4 Å². The summed E-state index contributed by atoms with van der Waals surface area (Å²) >= 11 is 0. The molecule has 5 rings (SSSR count). The van der Waals surface area contributed by atoms with Crippen LogP contribution in [-0.2, 0) is 31.3 Å². The number of allylic oxidation sites excluding steroid dienone is 2. The quantitative estimate of drug-likeness (QED) is 0.197. The van der Waals surface area contributed by atoms with Gasteiger partial charge in [0.1, 0.15) is 0 Å². The number of nitrogens with zero attached hydrogens (tertiary/aromatic N) is 4. The van der Waals surface area contributed by atoms with E-state index in [4.69, 9.17) is 5.11 Å². The molecule has 0 bridgehead atoms. The van der Waals surface area contributed by atoms with Crippen molar-refractivity contribution >= 4 is 38.5 Å². The number of aliphatic hydroxyl groups excluding tert-OH is 1. The third-order valence-corrected chi connectivity index (χ3v) is 5.25. The molecule has 34 heavy (non-hydrogen) atoms. The fraction of sp³-hybridized carbons (Fsp3) is 0.222. The van der Waals surface area contributed by atoms with Crippen molar-refractivity contribution in [3.8, 4) is 5.82 Å². The van der Waals surface area contributed by atoms with E-state index in [1.165, 1.54) is 36.1 Å². The molecule has 6 nitrogen and oxygen atoms in total. The average molecular weight is 632 g/mol. The normalized spacial score (nSPS) is 11.5. The van der Waals surface area contributed by atoms with Gasteiger partial charge in [-0.25, -0.2) is 0 Å². The first-order chi connectivity index (χ1) is 15.8. The van der Waals surface area contributed by atoms with E-state index in [9.17, 15) is 4.79 Å². The van der Waals surface area contributed by atoms with E-state index in [2.05, 4.69) is 82.1 Å². The number of aliphatic hydroxyl groups is 1. The number of aromatic nitrogens is 4. The number of benzene rings is 2. The van der Waals surface area contributed by atoms with Crippen LogP contribution in [0.5, 0.6) is 0 Å². The first kappa shape index (κ1) is 25.3. The summed E-state index contributed by atoms with van der Waals surface area (Å²) in [6.45, 7) is 7.24. The molecule has 0 amide bonds. The molecule has 1 N–H and O–H groups in total.